The van der Waals surface area contributed by atoms with Gasteiger partial charge in [0.05, 0.1) is 18.1 Å². The number of nitrogens with one attached hydrogen (secondary N) is 2. The second kappa shape index (κ2) is 9.04. The van der Waals surface area contributed by atoms with Gasteiger partial charge in [-0.25, -0.2) is 9.78 Å². The molecule has 2 N–H and O–H groups in total. The maximum atomic E-state index is 13.4. The SMILES string of the molecule is CC1CC2CC(c3nnc(CNCC(F)(F)F)o3)(C1)N2C(=O)Nc1ccc(Cl)c(-c2ncn(C)n2)c1. The maximum absolute atomic E-state index is 13.4. The molecule has 1 saturated carbocycles. The number of aromatic nitrogens is 5. The molecule has 3 unspecified atom stereocenters. The van der Waals surface area contributed by atoms with Gasteiger partial charge in [-0.2, -0.15) is 18.3 Å². The predicted octanol–water partition coefficient (Wildman–Crippen LogP) is 4.10. The zero-order chi connectivity index (χ0) is 25.7. The molecule has 2 aromatic heterocycles. The summed E-state index contributed by atoms with van der Waals surface area (Å²) in [5, 5.41) is 17.9. The minimum Gasteiger partial charge on any atom is -0.421 e. The zero-order valence-electron chi connectivity index (χ0n) is 19.5. The number of carbonyl (C=O) groups excluding carboxylic acids is 1. The molecule has 3 fully saturated rings. The fourth-order valence-corrected chi connectivity index (χ4v) is 5.40. The molecule has 2 aliphatic heterocycles. The number of hydrogen-bond donors (Lipinski definition) is 2. The lowest BCUT2D eigenvalue weighted by molar-refractivity contribution is -0.125. The third-order valence-corrected chi connectivity index (χ3v) is 6.83. The second-order valence-corrected chi connectivity index (χ2v) is 9.80. The highest BCUT2D eigenvalue weighted by Crippen LogP contribution is 2.55. The van der Waals surface area contributed by atoms with Crippen LogP contribution in [0.15, 0.2) is 28.9 Å². The number of nitrogens with zero attached hydrogens (tertiary/aromatic N) is 6. The minimum absolute atomic E-state index is 0.0170. The van der Waals surface area contributed by atoms with E-state index in [0.29, 0.717) is 40.9 Å². The molecule has 6 rings (SSSR count). The molecule has 2 amide bonds. The molecule has 10 nitrogen and oxygen atoms in total. The quantitative estimate of drug-likeness (QED) is 0.499. The van der Waals surface area contributed by atoms with E-state index in [1.54, 1.807) is 41.2 Å². The van der Waals surface area contributed by atoms with Crippen molar-refractivity contribution in [3.8, 4) is 11.4 Å². The van der Waals surface area contributed by atoms with Crippen LogP contribution in [0, 0.1) is 5.92 Å². The summed E-state index contributed by atoms with van der Waals surface area (Å²) >= 11 is 6.33. The molecular formula is C22H24ClF3N8O2. The van der Waals surface area contributed by atoms with Crippen LogP contribution < -0.4 is 10.6 Å². The van der Waals surface area contributed by atoms with Gasteiger partial charge in [-0.1, -0.05) is 18.5 Å². The molecule has 3 aromatic rings. The number of urea groups is 1. The fraction of sp³-hybridized carbons (Fsp3) is 0.500. The number of benzene rings is 1. The maximum Gasteiger partial charge on any atom is 0.401 e. The normalized spacial score (nSPS) is 23.4. The largest absolute Gasteiger partial charge is 0.421 e. The van der Waals surface area contributed by atoms with Gasteiger partial charge >= 0.3 is 12.2 Å². The Morgan fingerprint density at radius 3 is 2.83 bits per heavy atom. The van der Waals surface area contributed by atoms with Crippen molar-refractivity contribution >= 4 is 23.3 Å². The Hall–Kier alpha value is -3.19. The Morgan fingerprint density at radius 2 is 2.11 bits per heavy atom. The van der Waals surface area contributed by atoms with E-state index < -0.39 is 18.3 Å². The Bertz CT molecular complexity index is 1280. The lowest BCUT2D eigenvalue weighted by Crippen LogP contribution is -2.70. The van der Waals surface area contributed by atoms with Crippen LogP contribution in [-0.2, 0) is 19.1 Å². The first kappa shape index (κ1) is 24.5. The van der Waals surface area contributed by atoms with Gasteiger partial charge in [0.15, 0.2) is 5.82 Å². The van der Waals surface area contributed by atoms with E-state index in [0.717, 1.165) is 6.42 Å². The smallest absolute Gasteiger partial charge is 0.401 e. The molecule has 0 spiro atoms. The van der Waals surface area contributed by atoms with Crippen LogP contribution in [0.4, 0.5) is 23.7 Å². The Labute approximate surface area is 209 Å². The molecule has 36 heavy (non-hydrogen) atoms. The van der Waals surface area contributed by atoms with E-state index in [9.17, 15) is 18.0 Å². The van der Waals surface area contributed by atoms with Gasteiger partial charge in [0.2, 0.25) is 11.8 Å². The van der Waals surface area contributed by atoms with Crippen molar-refractivity contribution in [1.82, 2.24) is 35.2 Å². The summed E-state index contributed by atoms with van der Waals surface area (Å²) in [6.07, 6.45) is -0.706. The zero-order valence-corrected chi connectivity index (χ0v) is 20.3. The molecule has 4 heterocycles. The molecule has 14 heteroatoms. The molecule has 3 aliphatic rings. The number of amides is 2. The summed E-state index contributed by atoms with van der Waals surface area (Å²) in [4.78, 5) is 19.4. The number of rotatable bonds is 6. The lowest BCUT2D eigenvalue weighted by Gasteiger charge is -2.61. The van der Waals surface area contributed by atoms with Crippen LogP contribution in [0.1, 0.15) is 38.0 Å². The van der Waals surface area contributed by atoms with Crippen LogP contribution in [-0.4, -0.2) is 54.7 Å². The Kier molecular flexibility index (Phi) is 6.15. The van der Waals surface area contributed by atoms with Crippen LogP contribution in [0.25, 0.3) is 11.4 Å². The third kappa shape index (κ3) is 4.64. The van der Waals surface area contributed by atoms with Crippen molar-refractivity contribution < 1.29 is 22.4 Å². The molecule has 2 saturated heterocycles. The topological polar surface area (TPSA) is 114 Å². The number of anilines is 1. The van der Waals surface area contributed by atoms with Gasteiger partial charge in [0.1, 0.15) is 11.9 Å². The van der Waals surface area contributed by atoms with E-state index in [4.69, 9.17) is 16.0 Å². The van der Waals surface area contributed by atoms with E-state index in [2.05, 4.69) is 37.8 Å². The summed E-state index contributed by atoms with van der Waals surface area (Å²) in [6.45, 7) is 0.702. The monoisotopic (exact) mass is 524 g/mol. The van der Waals surface area contributed by atoms with Crippen molar-refractivity contribution in [2.45, 2.75) is 50.5 Å². The number of halogens is 4. The third-order valence-electron chi connectivity index (χ3n) is 6.50. The molecular weight excluding hydrogens is 501 g/mol. The number of hydrogen-bond acceptors (Lipinski definition) is 7. The summed E-state index contributed by atoms with van der Waals surface area (Å²) in [7, 11) is 1.74. The van der Waals surface area contributed by atoms with Crippen molar-refractivity contribution in [2.75, 3.05) is 11.9 Å². The summed E-state index contributed by atoms with van der Waals surface area (Å²) in [5.41, 5.74) is 0.289. The summed E-state index contributed by atoms with van der Waals surface area (Å²) < 4.78 is 44.6. The molecule has 1 aliphatic carbocycles. The first-order valence-corrected chi connectivity index (χ1v) is 11.8. The predicted molar refractivity (Wildman–Crippen MR) is 123 cm³/mol. The van der Waals surface area contributed by atoms with Crippen LogP contribution >= 0.6 is 11.6 Å². The lowest BCUT2D eigenvalue weighted by atomic mass is 9.64. The van der Waals surface area contributed by atoms with Gasteiger partial charge in [-0.15, -0.1) is 10.2 Å². The Morgan fingerprint density at radius 1 is 1.31 bits per heavy atom. The van der Waals surface area contributed by atoms with E-state index in [1.807, 2.05) is 0 Å². The number of aryl methyl sites for hydroxylation is 1. The Balaban J connectivity index is 1.34. The average Bonchev–Trinajstić information content (AvgIpc) is 3.43. The fourth-order valence-electron chi connectivity index (χ4n) is 5.19. The number of alkyl halides is 3. The first-order valence-electron chi connectivity index (χ1n) is 11.4. The van der Waals surface area contributed by atoms with E-state index in [1.165, 1.54) is 0 Å². The standard InChI is InChI=1S/C22H24ClF3N8O2/c1-12-5-14-8-21(7-12,19-31-30-17(36-19)9-27-10-22(24,25)26)34(14)20(35)29-13-3-4-16(23)15(6-13)18-28-11-33(2)32-18/h3-4,6,11-12,14,27H,5,7-10H2,1-2H3,(H,29,35). The van der Waals surface area contributed by atoms with Crippen LogP contribution in [0.5, 0.6) is 0 Å². The van der Waals surface area contributed by atoms with Crippen LogP contribution in [0.2, 0.25) is 5.02 Å². The van der Waals surface area contributed by atoms with Crippen LogP contribution in [0.3, 0.4) is 0 Å². The van der Waals surface area contributed by atoms with Crippen molar-refractivity contribution in [3.05, 3.63) is 41.3 Å². The molecule has 3 atom stereocenters. The van der Waals surface area contributed by atoms with Gasteiger partial charge < -0.3 is 20.0 Å². The number of piperidine rings is 1. The van der Waals surface area contributed by atoms with Crippen molar-refractivity contribution in [1.29, 1.82) is 0 Å². The molecule has 192 valence electrons. The summed E-state index contributed by atoms with van der Waals surface area (Å²) in [6, 6.07) is 4.70. The summed E-state index contributed by atoms with van der Waals surface area (Å²) in [5.74, 6) is 1.01. The number of carbonyl (C=O) groups is 1. The minimum atomic E-state index is -4.34. The highest BCUT2D eigenvalue weighted by atomic mass is 35.5. The average molecular weight is 525 g/mol. The number of fused-ring (bicyclic) bond motifs is 2. The molecule has 1 aromatic carbocycles. The van der Waals surface area contributed by atoms with Gasteiger partial charge in [-0.3, -0.25) is 4.68 Å². The second-order valence-electron chi connectivity index (χ2n) is 9.39. The highest BCUT2D eigenvalue weighted by molar-refractivity contribution is 6.33. The molecule has 2 bridgehead atoms. The van der Waals surface area contributed by atoms with E-state index >= 15 is 0 Å². The van der Waals surface area contributed by atoms with Gasteiger partial charge in [-0.05, 0) is 37.0 Å². The van der Waals surface area contributed by atoms with Gasteiger partial charge in [0.25, 0.3) is 0 Å². The highest BCUT2D eigenvalue weighted by Gasteiger charge is 2.62. The van der Waals surface area contributed by atoms with Gasteiger partial charge in [0, 0.05) is 30.8 Å². The van der Waals surface area contributed by atoms with Crippen molar-refractivity contribution in [2.24, 2.45) is 13.0 Å². The first-order chi connectivity index (χ1) is 17.0. The molecule has 0 radical (unpaired) electrons. The van der Waals surface area contributed by atoms with Crippen molar-refractivity contribution in [3.63, 3.8) is 0 Å². The van der Waals surface area contributed by atoms with E-state index in [-0.39, 0.29) is 30.4 Å².